The van der Waals surface area contributed by atoms with Gasteiger partial charge in [-0.05, 0) is 31.9 Å². The quantitative estimate of drug-likeness (QED) is 0.429. The third kappa shape index (κ3) is 11.6. The molecular formula is CBr2S. The molecule has 0 saturated carbocycles. The molecule has 0 saturated heterocycles. The van der Waals surface area contributed by atoms with E-state index in [1.807, 2.05) is 0 Å². The fourth-order valence-corrected chi connectivity index (χ4v) is 0. The molecule has 0 atom stereocenters. The van der Waals surface area contributed by atoms with Gasteiger partial charge in [0.1, 0.15) is 2.68 Å². The van der Waals surface area contributed by atoms with Gasteiger partial charge in [0.2, 0.25) is 0 Å². The fourth-order valence-electron chi connectivity index (χ4n) is 0. The molecule has 0 aromatic carbocycles. The minimum atomic E-state index is 0.625. The average Bonchev–Trinajstić information content (AvgIpc) is 0.811. The molecule has 0 nitrogen and oxygen atoms in total. The van der Waals surface area contributed by atoms with Gasteiger partial charge in [-0.15, -0.1) is 0 Å². The summed E-state index contributed by atoms with van der Waals surface area (Å²) in [6, 6.07) is 0. The normalized spacial score (nSPS) is 6.50. The van der Waals surface area contributed by atoms with E-state index in [4.69, 9.17) is 0 Å². The summed E-state index contributed by atoms with van der Waals surface area (Å²) in [4.78, 5) is 0. The number of hydrogen-bond acceptors (Lipinski definition) is 1. The minimum absolute atomic E-state index is 0.625. The Balaban J connectivity index is 2.80. The van der Waals surface area contributed by atoms with Crippen LogP contribution in [0.1, 0.15) is 0 Å². The molecule has 0 spiro atoms. The van der Waals surface area contributed by atoms with Crippen LogP contribution in [0.15, 0.2) is 0 Å². The van der Waals surface area contributed by atoms with Gasteiger partial charge in [-0.3, -0.25) is 0 Å². The molecule has 4 heavy (non-hydrogen) atoms. The van der Waals surface area contributed by atoms with E-state index in [0.717, 1.165) is 0 Å². The van der Waals surface area contributed by atoms with Gasteiger partial charge in [-0.25, -0.2) is 0 Å². The van der Waals surface area contributed by atoms with Crippen molar-refractivity contribution in [3.8, 4) is 0 Å². The molecule has 3 heteroatoms. The van der Waals surface area contributed by atoms with Crippen LogP contribution in [0.3, 0.4) is 0 Å². The first kappa shape index (κ1) is 5.05. The van der Waals surface area contributed by atoms with Crippen molar-refractivity contribution >= 4 is 46.8 Å². The van der Waals surface area contributed by atoms with Crippen LogP contribution >= 0.6 is 44.1 Å². The molecule has 0 fully saturated rings. The van der Waals surface area contributed by atoms with Gasteiger partial charge in [0.05, 0.1) is 0 Å². The maximum atomic E-state index is 4.37. The standard InChI is InChI=1S/CBr2S/c2-1(3)4. The van der Waals surface area contributed by atoms with Crippen LogP contribution in [0.5, 0.6) is 0 Å². The smallest absolute Gasteiger partial charge is 0.0636 e. The highest BCUT2D eigenvalue weighted by Gasteiger charge is 1.63. The monoisotopic (exact) mass is 202 g/mol. The topological polar surface area (TPSA) is 0 Å². The van der Waals surface area contributed by atoms with Gasteiger partial charge in [0, 0.05) is 0 Å². The van der Waals surface area contributed by atoms with Gasteiger partial charge in [0.15, 0.2) is 0 Å². The van der Waals surface area contributed by atoms with Gasteiger partial charge >= 0.3 is 0 Å². The Labute approximate surface area is 46.8 Å². The van der Waals surface area contributed by atoms with E-state index in [1.54, 1.807) is 0 Å². The fraction of sp³-hybridized carbons (Fsp3) is 0. The van der Waals surface area contributed by atoms with E-state index < -0.39 is 0 Å². The van der Waals surface area contributed by atoms with Gasteiger partial charge in [-0.1, -0.05) is 12.2 Å². The zero-order valence-electron chi connectivity index (χ0n) is 1.66. The second kappa shape index (κ2) is 2.30. The molecule has 0 bridgehead atoms. The molecule has 0 aromatic heterocycles. The molecule has 0 radical (unpaired) electrons. The first-order valence-electron chi connectivity index (χ1n) is 0.582. The molecule has 0 rings (SSSR count). The van der Waals surface area contributed by atoms with Crippen LogP contribution < -0.4 is 0 Å². The lowest BCUT2D eigenvalue weighted by atomic mass is 12.0. The summed E-state index contributed by atoms with van der Waals surface area (Å²) in [5.41, 5.74) is 0. The van der Waals surface area contributed by atoms with Gasteiger partial charge < -0.3 is 0 Å². The Morgan fingerprint density at radius 2 is 1.50 bits per heavy atom. The van der Waals surface area contributed by atoms with Crippen LogP contribution in [0, 0.1) is 0 Å². The molecule has 0 aliphatic rings. The summed E-state index contributed by atoms with van der Waals surface area (Å²) in [5, 5.41) is 0. The number of thiocarbonyl (C=S) groups is 1. The highest BCUT2D eigenvalue weighted by molar-refractivity contribution is 9.41. The van der Waals surface area contributed by atoms with Gasteiger partial charge in [0.25, 0.3) is 0 Å². The maximum Gasteiger partial charge on any atom is 0.123 e. The Bertz CT molecular complexity index is 29.0. The highest BCUT2D eigenvalue weighted by atomic mass is 79.9. The average molecular weight is 204 g/mol. The summed E-state index contributed by atoms with van der Waals surface area (Å²) < 4.78 is 0.625. The summed E-state index contributed by atoms with van der Waals surface area (Å²) in [7, 11) is 0. The van der Waals surface area contributed by atoms with Crippen LogP contribution in [0.25, 0.3) is 0 Å². The summed E-state index contributed by atoms with van der Waals surface area (Å²) >= 11 is 10.2. The van der Waals surface area contributed by atoms with Crippen LogP contribution in [-0.2, 0) is 0 Å². The predicted molar refractivity (Wildman–Crippen MR) is 30.5 cm³/mol. The maximum absolute atomic E-state index is 4.37. The van der Waals surface area contributed by atoms with E-state index in [2.05, 4.69) is 44.1 Å². The minimum Gasteiger partial charge on any atom is -0.0636 e. The van der Waals surface area contributed by atoms with Crippen molar-refractivity contribution in [1.29, 1.82) is 0 Å². The Morgan fingerprint density at radius 1 is 1.50 bits per heavy atom. The lowest BCUT2D eigenvalue weighted by molar-refractivity contribution is 4.41. The lowest BCUT2D eigenvalue weighted by Crippen LogP contribution is -1.41. The Hall–Kier alpha value is 1.05. The van der Waals surface area contributed by atoms with Crippen LogP contribution in [-0.4, -0.2) is 2.68 Å². The second-order valence-electron chi connectivity index (χ2n) is 0.226. The van der Waals surface area contributed by atoms with Crippen molar-refractivity contribution in [3.05, 3.63) is 0 Å². The van der Waals surface area contributed by atoms with Crippen molar-refractivity contribution in [2.24, 2.45) is 0 Å². The highest BCUT2D eigenvalue weighted by Crippen LogP contribution is 1.94. The molecule has 0 aliphatic heterocycles. The van der Waals surface area contributed by atoms with E-state index in [-0.39, 0.29) is 0 Å². The van der Waals surface area contributed by atoms with Crippen LogP contribution in [0.2, 0.25) is 0 Å². The molecule has 0 heterocycles. The molecule has 0 aliphatic carbocycles. The van der Waals surface area contributed by atoms with E-state index >= 15 is 0 Å². The predicted octanol–water partition coefficient (Wildman–Crippen LogP) is 2.06. The first-order valence-corrected chi connectivity index (χ1v) is 2.58. The molecular weight excluding hydrogens is 204 g/mol. The van der Waals surface area contributed by atoms with Crippen LogP contribution in [0.4, 0.5) is 0 Å². The Kier molecular flexibility index (Phi) is 2.90. The molecule has 0 unspecified atom stereocenters. The van der Waals surface area contributed by atoms with Crippen molar-refractivity contribution in [2.45, 2.75) is 0 Å². The summed E-state index contributed by atoms with van der Waals surface area (Å²) in [6.07, 6.45) is 0. The number of hydrogen-bond donors (Lipinski definition) is 0. The van der Waals surface area contributed by atoms with Crippen molar-refractivity contribution in [2.75, 3.05) is 0 Å². The molecule has 0 N–H and O–H groups in total. The SMILES string of the molecule is S=C(Br)Br. The molecule has 0 aromatic rings. The summed E-state index contributed by atoms with van der Waals surface area (Å²) in [6.45, 7) is 0. The van der Waals surface area contributed by atoms with E-state index in [0.29, 0.717) is 2.68 Å². The molecule has 0 amide bonds. The van der Waals surface area contributed by atoms with Crippen molar-refractivity contribution in [3.63, 3.8) is 0 Å². The van der Waals surface area contributed by atoms with E-state index in [1.165, 1.54) is 0 Å². The Morgan fingerprint density at radius 3 is 1.50 bits per heavy atom. The first-order chi connectivity index (χ1) is 1.73. The summed E-state index contributed by atoms with van der Waals surface area (Å²) in [5.74, 6) is 0. The van der Waals surface area contributed by atoms with Crippen molar-refractivity contribution in [1.82, 2.24) is 0 Å². The van der Waals surface area contributed by atoms with Gasteiger partial charge in [-0.2, -0.15) is 0 Å². The second-order valence-corrected chi connectivity index (χ2v) is 4.33. The zero-order valence-corrected chi connectivity index (χ0v) is 5.65. The lowest BCUT2D eigenvalue weighted by Gasteiger charge is -1.54. The third-order valence-corrected chi connectivity index (χ3v) is 0. The largest absolute Gasteiger partial charge is 0.123 e. The number of halogens is 2. The third-order valence-electron chi connectivity index (χ3n) is 0. The number of rotatable bonds is 0. The zero-order chi connectivity index (χ0) is 3.58. The van der Waals surface area contributed by atoms with Crippen molar-refractivity contribution < 1.29 is 0 Å². The molecule has 24 valence electrons. The van der Waals surface area contributed by atoms with E-state index in [9.17, 15) is 0 Å².